The highest BCUT2D eigenvalue weighted by Crippen LogP contribution is 2.23. The van der Waals surface area contributed by atoms with E-state index in [1.165, 1.54) is 26.4 Å². The fraction of sp³-hybridized carbons (Fsp3) is 0.188. The lowest BCUT2D eigenvalue weighted by atomic mass is 10.2. The Morgan fingerprint density at radius 1 is 0.622 bits per heavy atom. The highest BCUT2D eigenvalue weighted by molar-refractivity contribution is 9.09. The lowest BCUT2D eigenvalue weighted by Crippen LogP contribution is -1.99. The maximum atomic E-state index is 11.3. The predicted molar refractivity (Wildman–Crippen MR) is 179 cm³/mol. The monoisotopic (exact) mass is 716 g/mol. The molecule has 4 rings (SSSR count). The van der Waals surface area contributed by atoms with Gasteiger partial charge in [0.05, 0.1) is 54.0 Å². The Hall–Kier alpha value is -4.32. The fourth-order valence-corrected chi connectivity index (χ4v) is 3.16. The van der Waals surface area contributed by atoms with Gasteiger partial charge in [0.25, 0.3) is 0 Å². The summed E-state index contributed by atoms with van der Waals surface area (Å²) in [4.78, 5) is 22.6. The number of ether oxygens (including phenoxy) is 3. The summed E-state index contributed by atoms with van der Waals surface area (Å²) in [5.41, 5.74) is 3.55. The minimum atomic E-state index is -0.387. The van der Waals surface area contributed by atoms with Crippen LogP contribution in [0.2, 0.25) is 0 Å². The zero-order chi connectivity index (χ0) is 32.9. The Bertz CT molecular complexity index is 1500. The highest BCUT2D eigenvalue weighted by atomic mass is 79.9. The molecule has 0 amide bonds. The molecule has 4 aromatic carbocycles. The molecule has 0 aliphatic rings. The smallest absolute Gasteiger partial charge is 0.337 e. The van der Waals surface area contributed by atoms with Crippen molar-refractivity contribution in [2.75, 3.05) is 37.9 Å². The van der Waals surface area contributed by atoms with Crippen molar-refractivity contribution in [3.63, 3.8) is 0 Å². The Morgan fingerprint density at radius 2 is 0.956 bits per heavy atom. The van der Waals surface area contributed by atoms with E-state index >= 15 is 0 Å². The quantitative estimate of drug-likeness (QED) is 0.0987. The van der Waals surface area contributed by atoms with E-state index < -0.39 is 0 Å². The van der Waals surface area contributed by atoms with Gasteiger partial charge in [-0.25, -0.2) is 9.59 Å². The van der Waals surface area contributed by atoms with Gasteiger partial charge in [0.15, 0.2) is 0 Å². The molecule has 0 heterocycles. The number of carbonyl (C=O) groups is 2. The van der Waals surface area contributed by atoms with Crippen LogP contribution in [0.25, 0.3) is 0 Å². The van der Waals surface area contributed by atoms with Gasteiger partial charge in [-0.1, -0.05) is 15.9 Å². The zero-order valence-electron chi connectivity index (χ0n) is 24.5. The molecule has 0 aliphatic heterocycles. The molecule has 13 heteroatoms. The molecule has 0 radical (unpaired) electrons. The van der Waals surface area contributed by atoms with Gasteiger partial charge in [-0.15, -0.1) is 23.2 Å². The molecule has 0 bridgehead atoms. The number of esters is 2. The third-order valence-electron chi connectivity index (χ3n) is 5.24. The van der Waals surface area contributed by atoms with Crippen LogP contribution in [0, 0.1) is 0 Å². The van der Waals surface area contributed by atoms with Gasteiger partial charge in [0.2, 0.25) is 0 Å². The second-order valence-electron chi connectivity index (χ2n) is 8.40. The van der Waals surface area contributed by atoms with Crippen LogP contribution in [-0.2, 0) is 9.47 Å². The first kappa shape index (κ1) is 36.9. The molecule has 0 unspecified atom stereocenters. The highest BCUT2D eigenvalue weighted by Gasteiger charge is 2.05. The van der Waals surface area contributed by atoms with Gasteiger partial charge in [0, 0.05) is 11.2 Å². The number of nitrogens with zero attached hydrogens (tertiary/aromatic N) is 4. The number of methoxy groups -OCH3 is 2. The summed E-state index contributed by atoms with van der Waals surface area (Å²) in [6.07, 6.45) is 0. The van der Waals surface area contributed by atoms with Crippen molar-refractivity contribution in [1.29, 1.82) is 0 Å². The second-order valence-corrected chi connectivity index (χ2v) is 9.95. The molecule has 0 fully saturated rings. The number of carbonyl (C=O) groups excluding carboxylic acids is 2. The number of halogens is 3. The number of aromatic hydroxyl groups is 1. The van der Waals surface area contributed by atoms with Gasteiger partial charge >= 0.3 is 11.9 Å². The number of benzene rings is 4. The Labute approximate surface area is 279 Å². The number of rotatable bonds is 10. The van der Waals surface area contributed by atoms with E-state index in [0.717, 1.165) is 11.1 Å². The van der Waals surface area contributed by atoms with Crippen LogP contribution in [0.5, 0.6) is 11.5 Å². The van der Waals surface area contributed by atoms with Gasteiger partial charge in [-0.3, -0.25) is 0 Å². The Kier molecular flexibility index (Phi) is 17.5. The molecule has 10 nitrogen and oxygen atoms in total. The molecule has 0 aliphatic carbocycles. The number of azo groups is 2. The summed E-state index contributed by atoms with van der Waals surface area (Å²) in [6, 6.07) is 26.9. The van der Waals surface area contributed by atoms with Gasteiger partial charge < -0.3 is 19.3 Å². The van der Waals surface area contributed by atoms with Crippen molar-refractivity contribution >= 4 is 73.8 Å². The normalized spacial score (nSPS) is 10.3. The maximum Gasteiger partial charge on any atom is 0.337 e. The summed E-state index contributed by atoms with van der Waals surface area (Å²) in [6.45, 7) is 0.467. The largest absolute Gasteiger partial charge is 0.508 e. The van der Waals surface area contributed by atoms with Crippen LogP contribution in [0.1, 0.15) is 20.7 Å². The molecule has 236 valence electrons. The van der Waals surface area contributed by atoms with Crippen molar-refractivity contribution in [1.82, 2.24) is 0 Å². The summed E-state index contributed by atoms with van der Waals surface area (Å²) in [7, 11) is 2.68. The van der Waals surface area contributed by atoms with Crippen LogP contribution in [0.3, 0.4) is 0 Å². The van der Waals surface area contributed by atoms with Crippen LogP contribution in [0.4, 0.5) is 22.7 Å². The summed E-state index contributed by atoms with van der Waals surface area (Å²) in [5, 5.41) is 26.3. The van der Waals surface area contributed by atoms with Crippen molar-refractivity contribution in [3.8, 4) is 11.5 Å². The standard InChI is InChI=1S/C16H15ClN2O3.C14H12N2O3.C2H4BrCl/c1-21-16(20)12-2-4-13(5-3-12)18-19-14-6-8-15(9-7-14)22-11-10-17;1-19-14(18)10-2-4-11(5-3-10)15-16-12-6-8-13(17)9-7-12;3-1-2-4/h2-9H,10-11H2,1H3;2-9,17H,1H3;1-2H2. The fourth-order valence-electron chi connectivity index (χ4n) is 3.08. The topological polar surface area (TPSA) is 132 Å². The number of alkyl halides is 3. The number of phenolic OH excluding ortho intramolecular Hbond substituents is 1. The molecule has 0 aromatic heterocycles. The second kappa shape index (κ2) is 21.4. The summed E-state index contributed by atoms with van der Waals surface area (Å²) in [5.74, 6) is 1.31. The van der Waals surface area contributed by atoms with Crippen molar-refractivity contribution in [2.24, 2.45) is 20.5 Å². The average Bonchev–Trinajstić information content (AvgIpc) is 3.10. The van der Waals surface area contributed by atoms with Gasteiger partial charge in [-0.05, 0) is 97.1 Å². The van der Waals surface area contributed by atoms with Crippen molar-refractivity contribution in [2.45, 2.75) is 0 Å². The molecular weight excluding hydrogens is 687 g/mol. The lowest BCUT2D eigenvalue weighted by Gasteiger charge is -2.03. The van der Waals surface area contributed by atoms with Gasteiger partial charge in [0.1, 0.15) is 18.1 Å². The first-order valence-electron chi connectivity index (χ1n) is 13.2. The van der Waals surface area contributed by atoms with E-state index in [-0.39, 0.29) is 17.7 Å². The van der Waals surface area contributed by atoms with E-state index in [2.05, 4.69) is 45.9 Å². The summed E-state index contributed by atoms with van der Waals surface area (Å²) < 4.78 is 14.6. The Morgan fingerprint density at radius 3 is 1.27 bits per heavy atom. The third kappa shape index (κ3) is 14.3. The van der Waals surface area contributed by atoms with Crippen molar-refractivity contribution < 1.29 is 28.9 Å². The SMILES string of the molecule is COC(=O)c1ccc(N=Nc2ccc(O)cc2)cc1.COC(=O)c1ccc(N=Nc2ccc(OCCCl)cc2)cc1.ClCCBr. The zero-order valence-corrected chi connectivity index (χ0v) is 27.6. The molecule has 0 saturated carbocycles. The van der Waals surface area contributed by atoms with Crippen LogP contribution >= 0.6 is 39.1 Å². The third-order valence-corrected chi connectivity index (χ3v) is 6.44. The lowest BCUT2D eigenvalue weighted by molar-refractivity contribution is 0.0592. The molecule has 4 aromatic rings. The van der Waals surface area contributed by atoms with Crippen LogP contribution in [-0.4, -0.2) is 55.0 Å². The van der Waals surface area contributed by atoms with E-state index in [0.29, 0.717) is 52.2 Å². The molecule has 1 N–H and O–H groups in total. The molecular formula is C32H31BrCl2N4O6. The van der Waals surface area contributed by atoms with E-state index in [1.807, 2.05) is 0 Å². The van der Waals surface area contributed by atoms with Crippen LogP contribution in [0.15, 0.2) is 118 Å². The molecule has 45 heavy (non-hydrogen) atoms. The van der Waals surface area contributed by atoms with E-state index in [4.69, 9.17) is 33.0 Å². The van der Waals surface area contributed by atoms with Crippen molar-refractivity contribution in [3.05, 3.63) is 108 Å². The molecule has 0 spiro atoms. The number of hydrogen-bond acceptors (Lipinski definition) is 10. The number of hydrogen-bond donors (Lipinski definition) is 1. The minimum Gasteiger partial charge on any atom is -0.508 e. The van der Waals surface area contributed by atoms with E-state index in [1.54, 1.807) is 84.9 Å². The first-order chi connectivity index (χ1) is 21.8. The Balaban J connectivity index is 0.000000283. The first-order valence-corrected chi connectivity index (χ1v) is 15.4. The van der Waals surface area contributed by atoms with Crippen LogP contribution < -0.4 is 4.74 Å². The van der Waals surface area contributed by atoms with E-state index in [9.17, 15) is 9.59 Å². The average molecular weight is 718 g/mol. The predicted octanol–water partition coefficient (Wildman–Crippen LogP) is 9.72. The maximum absolute atomic E-state index is 11.3. The van der Waals surface area contributed by atoms with Gasteiger partial charge in [-0.2, -0.15) is 20.5 Å². The number of phenols is 1. The summed E-state index contributed by atoms with van der Waals surface area (Å²) >= 11 is 13.8. The molecule has 0 saturated heterocycles. The molecule has 0 atom stereocenters. The minimum absolute atomic E-state index is 0.182.